The van der Waals surface area contributed by atoms with Gasteiger partial charge in [-0.05, 0) is 0 Å². The van der Waals surface area contributed by atoms with Gasteiger partial charge in [-0.1, -0.05) is 0 Å². The van der Waals surface area contributed by atoms with Crippen LogP contribution >= 0.6 is 0 Å². The maximum atomic E-state index is 10.3. The summed E-state index contributed by atoms with van der Waals surface area (Å²) in [6.07, 6.45) is 7.74. The van der Waals surface area contributed by atoms with E-state index in [4.69, 9.17) is 0 Å². The fraction of sp³-hybridized carbons (Fsp3) is 0.200. The Hall–Kier alpha value is -0.121. The Morgan fingerprint density at radius 3 is 2.75 bits per heavy atom. The Morgan fingerprint density at radius 1 is 1.50 bits per heavy atom. The molecule has 0 spiro atoms. The summed E-state index contributed by atoms with van der Waals surface area (Å²) in [7, 11) is 0. The monoisotopic (exact) mass is 216 g/mol. The molecular weight excluding hydrogens is 209 g/mol. The van der Waals surface area contributed by atoms with E-state index >= 15 is 0 Å². The number of hydrogen-bond donors (Lipinski definition) is 0. The van der Waals surface area contributed by atoms with Crippen molar-refractivity contribution in [1.82, 2.24) is 3.12 Å². The van der Waals surface area contributed by atoms with E-state index in [0.717, 1.165) is 6.54 Å². The fourth-order valence-electron chi connectivity index (χ4n) is 0.535. The van der Waals surface area contributed by atoms with Crippen molar-refractivity contribution < 1.29 is 3.08 Å². The molecule has 0 amide bonds. The second-order valence-electron chi connectivity index (χ2n) is 1.51. The van der Waals surface area contributed by atoms with E-state index < -0.39 is 21.4 Å². The molecule has 0 aromatic carbocycles. The molecular formula is C5H6NOSn. The SMILES string of the molecule is [O]=[Sn][N]1C=CC=CC1. The molecule has 8 heavy (non-hydrogen) atoms. The molecule has 1 radical (unpaired) electrons. The predicted octanol–water partition coefficient (Wildman–Crippen LogP) is 0.337. The Bertz CT molecular complexity index is 141. The van der Waals surface area contributed by atoms with Gasteiger partial charge in [0.2, 0.25) is 0 Å². The quantitative estimate of drug-likeness (QED) is 0.587. The van der Waals surface area contributed by atoms with E-state index in [1.807, 2.05) is 27.5 Å². The summed E-state index contributed by atoms with van der Waals surface area (Å²) < 4.78 is 12.2. The molecule has 0 bridgehead atoms. The van der Waals surface area contributed by atoms with Crippen LogP contribution in [-0.4, -0.2) is 31.1 Å². The van der Waals surface area contributed by atoms with Crippen LogP contribution < -0.4 is 0 Å². The van der Waals surface area contributed by atoms with Gasteiger partial charge in [0.1, 0.15) is 0 Å². The molecule has 0 unspecified atom stereocenters. The van der Waals surface area contributed by atoms with Crippen LogP contribution in [0, 0.1) is 0 Å². The Labute approximate surface area is 58.8 Å². The van der Waals surface area contributed by atoms with E-state index in [1.165, 1.54) is 0 Å². The molecule has 1 heterocycles. The Morgan fingerprint density at radius 2 is 2.38 bits per heavy atom. The molecule has 0 saturated heterocycles. The minimum atomic E-state index is -1.42. The summed E-state index contributed by atoms with van der Waals surface area (Å²) in [6.45, 7) is 0.839. The van der Waals surface area contributed by atoms with E-state index in [2.05, 4.69) is 0 Å². The van der Waals surface area contributed by atoms with Gasteiger partial charge in [-0.25, -0.2) is 0 Å². The first-order chi connectivity index (χ1) is 3.93. The molecule has 3 heteroatoms. The number of allylic oxidation sites excluding steroid dienone is 2. The number of rotatable bonds is 1. The molecule has 41 valence electrons. The zero-order valence-electron chi connectivity index (χ0n) is 4.37. The molecule has 0 aromatic heterocycles. The zero-order valence-corrected chi connectivity index (χ0v) is 7.23. The third-order valence-corrected chi connectivity index (χ3v) is 2.55. The van der Waals surface area contributed by atoms with Crippen LogP contribution in [0.25, 0.3) is 0 Å². The summed E-state index contributed by atoms with van der Waals surface area (Å²) >= 11 is -1.42. The summed E-state index contributed by atoms with van der Waals surface area (Å²) in [5.41, 5.74) is 0. The molecule has 0 aliphatic carbocycles. The number of hydrogen-bond acceptors (Lipinski definition) is 1. The predicted molar refractivity (Wildman–Crippen MR) is 31.4 cm³/mol. The Kier molecular flexibility index (Phi) is 2.26. The maximum absolute atomic E-state index is 10.3. The van der Waals surface area contributed by atoms with Crippen molar-refractivity contribution in [2.75, 3.05) is 6.54 Å². The van der Waals surface area contributed by atoms with Gasteiger partial charge >= 0.3 is 58.6 Å². The van der Waals surface area contributed by atoms with Crippen LogP contribution in [-0.2, 0) is 3.08 Å². The van der Waals surface area contributed by atoms with E-state index in [0.29, 0.717) is 0 Å². The van der Waals surface area contributed by atoms with Crippen molar-refractivity contribution in [2.45, 2.75) is 0 Å². The average Bonchev–Trinajstić information content (AvgIpc) is 1.90. The van der Waals surface area contributed by atoms with Gasteiger partial charge in [0.15, 0.2) is 0 Å². The molecule has 0 N–H and O–H groups in total. The minimum absolute atomic E-state index is 0.839. The standard InChI is InChI=1S/C5H6N.O.Sn/c1-2-4-6-5-3-1;;/h1-4H,5H2;;/q-1;;+1. The van der Waals surface area contributed by atoms with Crippen molar-refractivity contribution in [1.29, 1.82) is 0 Å². The summed E-state index contributed by atoms with van der Waals surface area (Å²) in [5.74, 6) is 0. The van der Waals surface area contributed by atoms with Crippen LogP contribution in [0.15, 0.2) is 24.4 Å². The van der Waals surface area contributed by atoms with Gasteiger partial charge in [-0.3, -0.25) is 0 Å². The van der Waals surface area contributed by atoms with Crippen LogP contribution in [0.5, 0.6) is 0 Å². The normalized spacial score (nSPS) is 16.8. The van der Waals surface area contributed by atoms with Gasteiger partial charge in [-0.15, -0.1) is 0 Å². The third-order valence-electron chi connectivity index (χ3n) is 0.933. The van der Waals surface area contributed by atoms with Crippen molar-refractivity contribution in [3.05, 3.63) is 24.4 Å². The molecule has 2 nitrogen and oxygen atoms in total. The Balaban J connectivity index is 2.51. The zero-order chi connectivity index (χ0) is 5.82. The van der Waals surface area contributed by atoms with Crippen molar-refractivity contribution in [3.63, 3.8) is 0 Å². The molecule has 1 aliphatic rings. The summed E-state index contributed by atoms with van der Waals surface area (Å²) in [6, 6.07) is 0. The molecule has 1 aliphatic heterocycles. The first-order valence-electron chi connectivity index (χ1n) is 2.41. The van der Waals surface area contributed by atoms with Crippen molar-refractivity contribution in [3.8, 4) is 0 Å². The van der Waals surface area contributed by atoms with Crippen LogP contribution in [0.1, 0.15) is 0 Å². The molecule has 0 aromatic rings. The van der Waals surface area contributed by atoms with Crippen LogP contribution in [0.3, 0.4) is 0 Å². The fourth-order valence-corrected chi connectivity index (χ4v) is 1.47. The van der Waals surface area contributed by atoms with Gasteiger partial charge in [0.25, 0.3) is 0 Å². The molecule has 0 fully saturated rings. The summed E-state index contributed by atoms with van der Waals surface area (Å²) in [5, 5.41) is 0. The van der Waals surface area contributed by atoms with Gasteiger partial charge < -0.3 is 0 Å². The number of nitrogens with zero attached hydrogens (tertiary/aromatic N) is 1. The van der Waals surface area contributed by atoms with Crippen LogP contribution in [0.2, 0.25) is 0 Å². The molecule has 0 atom stereocenters. The summed E-state index contributed by atoms with van der Waals surface area (Å²) in [4.78, 5) is 0. The second-order valence-corrected chi connectivity index (χ2v) is 3.67. The topological polar surface area (TPSA) is 20.3 Å². The van der Waals surface area contributed by atoms with Gasteiger partial charge in [0, 0.05) is 0 Å². The van der Waals surface area contributed by atoms with Crippen molar-refractivity contribution in [2.24, 2.45) is 0 Å². The first kappa shape index (κ1) is 6.01. The van der Waals surface area contributed by atoms with Gasteiger partial charge in [0.05, 0.1) is 0 Å². The van der Waals surface area contributed by atoms with Crippen LogP contribution in [0.4, 0.5) is 0 Å². The van der Waals surface area contributed by atoms with Gasteiger partial charge in [-0.2, -0.15) is 0 Å². The molecule has 1 rings (SSSR count). The van der Waals surface area contributed by atoms with E-state index in [1.54, 1.807) is 0 Å². The van der Waals surface area contributed by atoms with Crippen molar-refractivity contribution >= 4 is 21.4 Å². The molecule has 0 saturated carbocycles. The second kappa shape index (κ2) is 3.02. The van der Waals surface area contributed by atoms with E-state index in [-0.39, 0.29) is 0 Å². The average molecular weight is 215 g/mol. The first-order valence-corrected chi connectivity index (χ1v) is 4.85. The van der Waals surface area contributed by atoms with E-state index in [9.17, 15) is 3.08 Å². The third kappa shape index (κ3) is 1.43.